The van der Waals surface area contributed by atoms with E-state index in [0.29, 0.717) is 0 Å². The Kier molecular flexibility index (Phi) is 3.71. The summed E-state index contributed by atoms with van der Waals surface area (Å²) in [5, 5.41) is 0. The first-order valence-electron chi connectivity index (χ1n) is 5.32. The molecule has 1 aromatic heterocycles. The van der Waals surface area contributed by atoms with Crippen LogP contribution in [0.25, 0.3) is 0 Å². The molecule has 0 N–H and O–H groups in total. The van der Waals surface area contributed by atoms with Gasteiger partial charge in [0.15, 0.2) is 0 Å². The maximum Gasteiger partial charge on any atom is 0.0794 e. The molecule has 1 heterocycles. The van der Waals surface area contributed by atoms with E-state index in [0.717, 1.165) is 11.8 Å². The van der Waals surface area contributed by atoms with Gasteiger partial charge >= 0.3 is 0 Å². The van der Waals surface area contributed by atoms with Gasteiger partial charge in [-0.3, -0.25) is 4.98 Å². The largest absolute Gasteiger partial charge is 0.253 e. The molecule has 1 aromatic rings. The molecule has 1 rings (SSSR count). The first-order chi connectivity index (χ1) is 6.43. The molecule has 0 saturated heterocycles. The van der Waals surface area contributed by atoms with E-state index in [1.54, 1.807) is 11.3 Å². The Balaban J connectivity index is 2.67. The minimum absolute atomic E-state index is 0.283. The van der Waals surface area contributed by atoms with E-state index in [1.807, 2.05) is 11.7 Å². The molecule has 0 aliphatic heterocycles. The molecule has 1 unspecified atom stereocenters. The second kappa shape index (κ2) is 4.43. The third-order valence-electron chi connectivity index (χ3n) is 3.07. The fourth-order valence-electron chi connectivity index (χ4n) is 1.69. The number of hydrogen-bond acceptors (Lipinski definition) is 2. The van der Waals surface area contributed by atoms with Crippen LogP contribution in [0.4, 0.5) is 0 Å². The van der Waals surface area contributed by atoms with Crippen LogP contribution in [0.1, 0.15) is 45.9 Å². The summed E-state index contributed by atoms with van der Waals surface area (Å²) in [7, 11) is 0. The Bertz CT molecular complexity index is 262. The maximum atomic E-state index is 4.16. The zero-order valence-corrected chi connectivity index (χ0v) is 10.7. The molecule has 0 spiro atoms. The molecule has 0 aliphatic rings. The molecule has 0 bridgehead atoms. The summed E-state index contributed by atoms with van der Waals surface area (Å²) in [4.78, 5) is 5.57. The average Bonchev–Trinajstić information content (AvgIpc) is 2.54. The highest BCUT2D eigenvalue weighted by atomic mass is 32.1. The Morgan fingerprint density at radius 3 is 2.43 bits per heavy atom. The molecule has 0 amide bonds. The van der Waals surface area contributed by atoms with Crippen LogP contribution in [0.15, 0.2) is 11.7 Å². The van der Waals surface area contributed by atoms with E-state index in [9.17, 15) is 0 Å². The van der Waals surface area contributed by atoms with E-state index in [4.69, 9.17) is 0 Å². The Labute approximate surface area is 91.6 Å². The third-order valence-corrected chi connectivity index (χ3v) is 4.21. The molecule has 0 saturated carbocycles. The Hall–Kier alpha value is -0.370. The Morgan fingerprint density at radius 1 is 1.36 bits per heavy atom. The van der Waals surface area contributed by atoms with Crippen molar-refractivity contribution in [3.63, 3.8) is 0 Å². The van der Waals surface area contributed by atoms with Crippen molar-refractivity contribution in [2.24, 2.45) is 11.8 Å². The number of thiazole rings is 1. The van der Waals surface area contributed by atoms with Crippen molar-refractivity contribution >= 4 is 11.3 Å². The van der Waals surface area contributed by atoms with Gasteiger partial charge in [-0.1, -0.05) is 34.6 Å². The molecule has 1 atom stereocenters. The average molecular weight is 211 g/mol. The van der Waals surface area contributed by atoms with Gasteiger partial charge in [0.2, 0.25) is 0 Å². The van der Waals surface area contributed by atoms with Gasteiger partial charge in [-0.2, -0.15) is 0 Å². The van der Waals surface area contributed by atoms with Gasteiger partial charge < -0.3 is 0 Å². The fourth-order valence-corrected chi connectivity index (χ4v) is 2.45. The lowest BCUT2D eigenvalue weighted by atomic mass is 9.78. The Morgan fingerprint density at radius 2 is 2.00 bits per heavy atom. The summed E-state index contributed by atoms with van der Waals surface area (Å²) in [5.41, 5.74) is 2.21. The summed E-state index contributed by atoms with van der Waals surface area (Å²) in [6, 6.07) is 0. The van der Waals surface area contributed by atoms with Crippen LogP contribution in [0, 0.1) is 11.8 Å². The van der Waals surface area contributed by atoms with Crippen LogP contribution in [0.3, 0.4) is 0 Å². The molecule has 1 nitrogen and oxygen atoms in total. The third kappa shape index (κ3) is 2.81. The van der Waals surface area contributed by atoms with Crippen LogP contribution in [-0.2, 0) is 5.41 Å². The van der Waals surface area contributed by atoms with Crippen molar-refractivity contribution in [1.82, 2.24) is 4.98 Å². The highest BCUT2D eigenvalue weighted by Crippen LogP contribution is 2.34. The molecule has 0 fully saturated rings. The zero-order chi connectivity index (χ0) is 10.8. The van der Waals surface area contributed by atoms with Gasteiger partial charge in [-0.05, 0) is 18.3 Å². The van der Waals surface area contributed by atoms with Gasteiger partial charge in [0, 0.05) is 16.5 Å². The lowest BCUT2D eigenvalue weighted by Gasteiger charge is -2.28. The van der Waals surface area contributed by atoms with Gasteiger partial charge in [0.25, 0.3) is 0 Å². The quantitative estimate of drug-likeness (QED) is 0.730. The normalized spacial score (nSPS) is 14.7. The van der Waals surface area contributed by atoms with Gasteiger partial charge in [-0.15, -0.1) is 11.3 Å². The first kappa shape index (κ1) is 11.7. The van der Waals surface area contributed by atoms with Gasteiger partial charge in [0.05, 0.1) is 5.51 Å². The standard InChI is InChI=1S/C12H21NS/c1-9(2)10(3)6-12(4,5)11-7-13-8-14-11/h7-10H,6H2,1-5H3. The number of hydrogen-bond donors (Lipinski definition) is 0. The van der Waals surface area contributed by atoms with Crippen LogP contribution in [-0.4, -0.2) is 4.98 Å². The molecule has 80 valence electrons. The number of nitrogens with zero attached hydrogens (tertiary/aromatic N) is 1. The van der Waals surface area contributed by atoms with E-state index in [-0.39, 0.29) is 5.41 Å². The lowest BCUT2D eigenvalue weighted by molar-refractivity contribution is 0.313. The summed E-state index contributed by atoms with van der Waals surface area (Å²) in [6.07, 6.45) is 3.25. The molecule has 0 aliphatic carbocycles. The summed E-state index contributed by atoms with van der Waals surface area (Å²) in [5.74, 6) is 1.54. The highest BCUT2D eigenvalue weighted by Gasteiger charge is 2.25. The first-order valence-corrected chi connectivity index (χ1v) is 6.20. The van der Waals surface area contributed by atoms with Crippen molar-refractivity contribution in [3.05, 3.63) is 16.6 Å². The molecule has 0 radical (unpaired) electrons. The summed E-state index contributed by atoms with van der Waals surface area (Å²) in [6.45, 7) is 11.6. The van der Waals surface area contributed by atoms with Crippen molar-refractivity contribution in [3.8, 4) is 0 Å². The van der Waals surface area contributed by atoms with E-state index >= 15 is 0 Å². The van der Waals surface area contributed by atoms with Crippen molar-refractivity contribution in [1.29, 1.82) is 0 Å². The van der Waals surface area contributed by atoms with Crippen LogP contribution >= 0.6 is 11.3 Å². The van der Waals surface area contributed by atoms with Gasteiger partial charge in [0.1, 0.15) is 0 Å². The predicted molar refractivity (Wildman–Crippen MR) is 63.8 cm³/mol. The smallest absolute Gasteiger partial charge is 0.0794 e. The highest BCUT2D eigenvalue weighted by molar-refractivity contribution is 7.09. The van der Waals surface area contributed by atoms with Crippen LogP contribution < -0.4 is 0 Å². The molecule has 14 heavy (non-hydrogen) atoms. The summed E-state index contributed by atoms with van der Waals surface area (Å²) < 4.78 is 0. The van der Waals surface area contributed by atoms with Crippen molar-refractivity contribution in [2.75, 3.05) is 0 Å². The zero-order valence-electron chi connectivity index (χ0n) is 9.87. The van der Waals surface area contributed by atoms with Crippen molar-refractivity contribution in [2.45, 2.75) is 46.5 Å². The van der Waals surface area contributed by atoms with Crippen LogP contribution in [0.5, 0.6) is 0 Å². The molecule has 0 aromatic carbocycles. The van der Waals surface area contributed by atoms with Gasteiger partial charge in [-0.25, -0.2) is 0 Å². The maximum absolute atomic E-state index is 4.16. The minimum Gasteiger partial charge on any atom is -0.253 e. The number of aromatic nitrogens is 1. The fraction of sp³-hybridized carbons (Fsp3) is 0.750. The van der Waals surface area contributed by atoms with Crippen LogP contribution in [0.2, 0.25) is 0 Å². The number of rotatable bonds is 4. The molecular weight excluding hydrogens is 190 g/mol. The lowest BCUT2D eigenvalue weighted by Crippen LogP contribution is -2.21. The van der Waals surface area contributed by atoms with E-state index in [1.165, 1.54) is 11.3 Å². The second-order valence-corrected chi connectivity index (χ2v) is 6.06. The second-order valence-electron chi connectivity index (χ2n) is 5.17. The van der Waals surface area contributed by atoms with Crippen molar-refractivity contribution < 1.29 is 0 Å². The molecule has 2 heteroatoms. The summed E-state index contributed by atoms with van der Waals surface area (Å²) >= 11 is 1.77. The molecular formula is C12H21NS. The minimum atomic E-state index is 0.283. The monoisotopic (exact) mass is 211 g/mol. The topological polar surface area (TPSA) is 12.9 Å². The van der Waals surface area contributed by atoms with E-state index < -0.39 is 0 Å². The van der Waals surface area contributed by atoms with E-state index in [2.05, 4.69) is 39.6 Å². The predicted octanol–water partition coefficient (Wildman–Crippen LogP) is 4.10. The SMILES string of the molecule is CC(C)C(C)CC(C)(C)c1cncs1.